The third-order valence-electron chi connectivity index (χ3n) is 3.16. The Kier molecular flexibility index (Phi) is 4.48. The second-order valence-corrected chi connectivity index (χ2v) is 4.90. The zero-order valence-corrected chi connectivity index (χ0v) is 12.4. The number of hydrogen-bond donors (Lipinski definition) is 1. The van der Waals surface area contributed by atoms with Gasteiger partial charge in [-0.3, -0.25) is 4.79 Å². The number of hydrogen-bond acceptors (Lipinski definition) is 4. The average Bonchev–Trinajstić information content (AvgIpc) is 2.46. The number of nitrogens with two attached hydrogens (primary N) is 1. The van der Waals surface area contributed by atoms with Crippen molar-refractivity contribution in [2.45, 2.75) is 20.0 Å². The van der Waals surface area contributed by atoms with E-state index in [1.807, 2.05) is 13.0 Å². The predicted octanol–water partition coefficient (Wildman–Crippen LogP) is 3.24. The summed E-state index contributed by atoms with van der Waals surface area (Å²) in [5, 5.41) is 0. The van der Waals surface area contributed by atoms with Gasteiger partial charge >= 0.3 is 0 Å². The molecule has 0 aliphatic carbocycles. The molecule has 4 heteroatoms. The van der Waals surface area contributed by atoms with Crippen LogP contribution in [-0.4, -0.2) is 19.0 Å². The SMILES string of the molecule is COc1ccc(C)cc1C(=O)C(C)Oc1cccc(N)c1. The van der Waals surface area contributed by atoms with E-state index >= 15 is 0 Å². The fourth-order valence-corrected chi connectivity index (χ4v) is 2.08. The lowest BCUT2D eigenvalue weighted by Crippen LogP contribution is -2.24. The van der Waals surface area contributed by atoms with Gasteiger partial charge in [0.05, 0.1) is 12.7 Å². The summed E-state index contributed by atoms with van der Waals surface area (Å²) in [6.07, 6.45) is -0.623. The van der Waals surface area contributed by atoms with Crippen molar-refractivity contribution in [2.75, 3.05) is 12.8 Å². The first-order chi connectivity index (χ1) is 10.0. The summed E-state index contributed by atoms with van der Waals surface area (Å²) >= 11 is 0. The predicted molar refractivity (Wildman–Crippen MR) is 83.0 cm³/mol. The van der Waals surface area contributed by atoms with Gasteiger partial charge in [-0.05, 0) is 38.1 Å². The number of carbonyl (C=O) groups excluding carboxylic acids is 1. The molecule has 0 spiro atoms. The largest absolute Gasteiger partial charge is 0.496 e. The van der Waals surface area contributed by atoms with E-state index < -0.39 is 6.10 Å². The van der Waals surface area contributed by atoms with Crippen molar-refractivity contribution in [1.82, 2.24) is 0 Å². The van der Waals surface area contributed by atoms with Crippen LogP contribution in [0.5, 0.6) is 11.5 Å². The van der Waals surface area contributed by atoms with E-state index in [4.69, 9.17) is 15.2 Å². The van der Waals surface area contributed by atoms with Crippen LogP contribution < -0.4 is 15.2 Å². The highest BCUT2D eigenvalue weighted by atomic mass is 16.5. The fourth-order valence-electron chi connectivity index (χ4n) is 2.08. The average molecular weight is 285 g/mol. The zero-order valence-electron chi connectivity index (χ0n) is 12.4. The Balaban J connectivity index is 2.21. The maximum absolute atomic E-state index is 12.5. The van der Waals surface area contributed by atoms with Crippen LogP contribution in [0.3, 0.4) is 0 Å². The zero-order chi connectivity index (χ0) is 15.4. The third-order valence-corrected chi connectivity index (χ3v) is 3.16. The van der Waals surface area contributed by atoms with Gasteiger partial charge in [0.15, 0.2) is 6.10 Å². The van der Waals surface area contributed by atoms with Crippen molar-refractivity contribution in [3.05, 3.63) is 53.6 Å². The smallest absolute Gasteiger partial charge is 0.206 e. The van der Waals surface area contributed by atoms with E-state index in [1.165, 1.54) is 0 Å². The second-order valence-electron chi connectivity index (χ2n) is 4.90. The van der Waals surface area contributed by atoms with E-state index in [1.54, 1.807) is 50.4 Å². The molecule has 1 atom stereocenters. The van der Waals surface area contributed by atoms with Gasteiger partial charge in [0, 0.05) is 11.8 Å². The van der Waals surface area contributed by atoms with Crippen LogP contribution in [0.25, 0.3) is 0 Å². The number of methoxy groups -OCH3 is 1. The number of carbonyl (C=O) groups is 1. The van der Waals surface area contributed by atoms with Crippen molar-refractivity contribution in [1.29, 1.82) is 0 Å². The van der Waals surface area contributed by atoms with Gasteiger partial charge in [-0.1, -0.05) is 17.7 Å². The Labute approximate surface area is 124 Å². The van der Waals surface area contributed by atoms with Gasteiger partial charge in [0.25, 0.3) is 0 Å². The molecule has 4 nitrogen and oxygen atoms in total. The molecule has 0 aliphatic heterocycles. The van der Waals surface area contributed by atoms with Crippen LogP contribution in [0.4, 0.5) is 5.69 Å². The first-order valence-electron chi connectivity index (χ1n) is 6.72. The molecule has 0 radical (unpaired) electrons. The lowest BCUT2D eigenvalue weighted by molar-refractivity contribution is 0.0815. The van der Waals surface area contributed by atoms with Crippen LogP contribution in [0.1, 0.15) is 22.8 Å². The molecule has 2 aromatic rings. The number of anilines is 1. The molecule has 2 rings (SSSR count). The quantitative estimate of drug-likeness (QED) is 0.676. The Bertz CT molecular complexity index is 652. The normalized spacial score (nSPS) is 11.8. The molecule has 21 heavy (non-hydrogen) atoms. The van der Waals surface area contributed by atoms with Gasteiger partial charge in [-0.15, -0.1) is 0 Å². The molecule has 0 heterocycles. The topological polar surface area (TPSA) is 61.5 Å². The van der Waals surface area contributed by atoms with Crippen LogP contribution in [0.2, 0.25) is 0 Å². The summed E-state index contributed by atoms with van der Waals surface area (Å²) < 4.78 is 10.9. The Morgan fingerprint density at radius 2 is 1.95 bits per heavy atom. The minimum atomic E-state index is -0.623. The molecular weight excluding hydrogens is 266 g/mol. The molecule has 0 fully saturated rings. The van der Waals surface area contributed by atoms with Crippen molar-refractivity contribution in [2.24, 2.45) is 0 Å². The van der Waals surface area contributed by atoms with Gasteiger partial charge in [-0.2, -0.15) is 0 Å². The summed E-state index contributed by atoms with van der Waals surface area (Å²) in [6.45, 7) is 3.65. The maximum atomic E-state index is 12.5. The Morgan fingerprint density at radius 1 is 1.19 bits per heavy atom. The van der Waals surface area contributed by atoms with Gasteiger partial charge in [0.2, 0.25) is 5.78 Å². The van der Waals surface area contributed by atoms with E-state index in [2.05, 4.69) is 0 Å². The summed E-state index contributed by atoms with van der Waals surface area (Å²) in [5.74, 6) is 0.995. The first kappa shape index (κ1) is 14.9. The molecule has 0 saturated heterocycles. The van der Waals surface area contributed by atoms with Gasteiger partial charge in [0.1, 0.15) is 11.5 Å². The highest BCUT2D eigenvalue weighted by Crippen LogP contribution is 2.23. The molecule has 0 aromatic heterocycles. The number of Topliss-reactive ketones (excluding diaryl/α,β-unsaturated/α-hetero) is 1. The lowest BCUT2D eigenvalue weighted by Gasteiger charge is -2.16. The van der Waals surface area contributed by atoms with E-state index in [9.17, 15) is 4.79 Å². The molecule has 0 aliphatic rings. The molecule has 2 N–H and O–H groups in total. The summed E-state index contributed by atoms with van der Waals surface area (Å²) in [6, 6.07) is 12.5. The van der Waals surface area contributed by atoms with Crippen LogP contribution in [-0.2, 0) is 0 Å². The first-order valence-corrected chi connectivity index (χ1v) is 6.72. The number of ether oxygens (including phenoxy) is 2. The second kappa shape index (κ2) is 6.31. The van der Waals surface area contributed by atoms with Gasteiger partial charge < -0.3 is 15.2 Å². The van der Waals surface area contributed by atoms with E-state index in [0.29, 0.717) is 22.7 Å². The van der Waals surface area contributed by atoms with Crippen molar-refractivity contribution < 1.29 is 14.3 Å². The number of benzene rings is 2. The highest BCUT2D eigenvalue weighted by Gasteiger charge is 2.21. The monoisotopic (exact) mass is 285 g/mol. The number of ketones is 1. The van der Waals surface area contributed by atoms with Crippen molar-refractivity contribution in [3.8, 4) is 11.5 Å². The molecule has 110 valence electrons. The standard InChI is InChI=1S/C17H19NO3/c1-11-7-8-16(20-3)15(9-11)17(19)12(2)21-14-6-4-5-13(18)10-14/h4-10,12H,18H2,1-3H3. The summed E-state index contributed by atoms with van der Waals surface area (Å²) in [7, 11) is 1.55. The van der Waals surface area contributed by atoms with Crippen molar-refractivity contribution >= 4 is 11.5 Å². The minimum absolute atomic E-state index is 0.127. The molecule has 1 unspecified atom stereocenters. The molecule has 2 aromatic carbocycles. The molecular formula is C17H19NO3. The Morgan fingerprint density at radius 3 is 2.62 bits per heavy atom. The molecule has 0 amide bonds. The fraction of sp³-hybridized carbons (Fsp3) is 0.235. The van der Waals surface area contributed by atoms with Crippen molar-refractivity contribution in [3.63, 3.8) is 0 Å². The van der Waals surface area contributed by atoms with E-state index in [-0.39, 0.29) is 5.78 Å². The molecule has 0 saturated carbocycles. The highest BCUT2D eigenvalue weighted by molar-refractivity contribution is 6.02. The van der Waals surface area contributed by atoms with Crippen LogP contribution >= 0.6 is 0 Å². The van der Waals surface area contributed by atoms with E-state index in [0.717, 1.165) is 5.56 Å². The third kappa shape index (κ3) is 3.54. The summed E-state index contributed by atoms with van der Waals surface area (Å²) in [4.78, 5) is 12.5. The van der Waals surface area contributed by atoms with Crippen LogP contribution in [0, 0.1) is 6.92 Å². The number of aryl methyl sites for hydroxylation is 1. The Hall–Kier alpha value is -2.49. The maximum Gasteiger partial charge on any atom is 0.206 e. The number of rotatable bonds is 5. The van der Waals surface area contributed by atoms with Crippen LogP contribution in [0.15, 0.2) is 42.5 Å². The lowest BCUT2D eigenvalue weighted by atomic mass is 10.0. The van der Waals surface area contributed by atoms with Gasteiger partial charge in [-0.25, -0.2) is 0 Å². The minimum Gasteiger partial charge on any atom is -0.496 e. The number of nitrogen functional groups attached to an aromatic ring is 1. The molecule has 0 bridgehead atoms. The summed E-state index contributed by atoms with van der Waals surface area (Å²) in [5.41, 5.74) is 7.82.